The Morgan fingerprint density at radius 2 is 2.00 bits per heavy atom. The van der Waals surface area contributed by atoms with Crippen molar-refractivity contribution in [3.05, 3.63) is 0 Å². The average molecular weight is 228 g/mol. The molecule has 1 aliphatic carbocycles. The van der Waals surface area contributed by atoms with Gasteiger partial charge in [0.05, 0.1) is 12.1 Å². The Balaban J connectivity index is 2.30. The molecule has 94 valence electrons. The molecule has 2 N–H and O–H groups in total. The molecule has 1 aliphatic rings. The summed E-state index contributed by atoms with van der Waals surface area (Å²) in [6.45, 7) is 0.759. The topological polar surface area (TPSA) is 52.6 Å². The summed E-state index contributed by atoms with van der Waals surface area (Å²) in [5, 5.41) is 12.8. The van der Waals surface area contributed by atoms with E-state index in [4.69, 9.17) is 0 Å². The fourth-order valence-corrected chi connectivity index (χ4v) is 2.06. The first kappa shape index (κ1) is 13.5. The first-order valence-electron chi connectivity index (χ1n) is 6.22. The molecule has 0 saturated heterocycles. The molecule has 0 bridgehead atoms. The highest BCUT2D eigenvalue weighted by molar-refractivity contribution is 5.76. The van der Waals surface area contributed by atoms with Crippen molar-refractivity contribution >= 4 is 5.91 Å². The van der Waals surface area contributed by atoms with Crippen molar-refractivity contribution in [3.63, 3.8) is 0 Å². The number of amides is 1. The van der Waals surface area contributed by atoms with Gasteiger partial charge >= 0.3 is 0 Å². The van der Waals surface area contributed by atoms with Gasteiger partial charge in [0, 0.05) is 13.0 Å². The summed E-state index contributed by atoms with van der Waals surface area (Å²) in [7, 11) is 3.90. The normalized spacial score (nSPS) is 26.5. The summed E-state index contributed by atoms with van der Waals surface area (Å²) in [5.41, 5.74) is 0. The Hall–Kier alpha value is -0.610. The van der Waals surface area contributed by atoms with Gasteiger partial charge in [-0.3, -0.25) is 4.79 Å². The Labute approximate surface area is 98.0 Å². The molecule has 0 aromatic heterocycles. The predicted octanol–water partition coefficient (Wildman–Crippen LogP) is 0.748. The van der Waals surface area contributed by atoms with Gasteiger partial charge in [-0.1, -0.05) is 19.3 Å². The Morgan fingerprint density at radius 1 is 1.31 bits per heavy atom. The molecular formula is C12H24N2O2. The zero-order chi connectivity index (χ0) is 12.0. The summed E-state index contributed by atoms with van der Waals surface area (Å²) in [6.07, 6.45) is 5.23. The third-order valence-electron chi connectivity index (χ3n) is 3.11. The molecule has 0 spiro atoms. The highest BCUT2D eigenvalue weighted by atomic mass is 16.3. The second-order valence-electron chi connectivity index (χ2n) is 4.93. The van der Waals surface area contributed by atoms with Gasteiger partial charge in [0.15, 0.2) is 0 Å². The van der Waals surface area contributed by atoms with Crippen molar-refractivity contribution in [2.24, 2.45) is 0 Å². The Bertz CT molecular complexity index is 219. The molecular weight excluding hydrogens is 204 g/mol. The SMILES string of the molecule is CN(C)CCC(=O)NC1CCCCCC1O. The second kappa shape index (κ2) is 6.86. The minimum Gasteiger partial charge on any atom is -0.391 e. The molecule has 0 aromatic rings. The van der Waals surface area contributed by atoms with Crippen molar-refractivity contribution in [2.75, 3.05) is 20.6 Å². The lowest BCUT2D eigenvalue weighted by Gasteiger charge is -2.22. The molecule has 4 nitrogen and oxygen atoms in total. The van der Waals surface area contributed by atoms with E-state index in [2.05, 4.69) is 5.32 Å². The molecule has 0 heterocycles. The number of carbonyl (C=O) groups excluding carboxylic acids is 1. The van der Waals surface area contributed by atoms with Crippen molar-refractivity contribution in [2.45, 2.75) is 50.7 Å². The van der Waals surface area contributed by atoms with Gasteiger partial charge < -0.3 is 15.3 Å². The van der Waals surface area contributed by atoms with Crippen molar-refractivity contribution in [3.8, 4) is 0 Å². The van der Waals surface area contributed by atoms with Gasteiger partial charge in [-0.2, -0.15) is 0 Å². The van der Waals surface area contributed by atoms with Crippen LogP contribution in [0.3, 0.4) is 0 Å². The van der Waals surface area contributed by atoms with Gasteiger partial charge in [0.2, 0.25) is 5.91 Å². The summed E-state index contributed by atoms with van der Waals surface area (Å²) in [4.78, 5) is 13.6. The Morgan fingerprint density at radius 3 is 2.69 bits per heavy atom. The van der Waals surface area contributed by atoms with E-state index in [1.807, 2.05) is 19.0 Å². The van der Waals surface area contributed by atoms with Crippen LogP contribution >= 0.6 is 0 Å². The van der Waals surface area contributed by atoms with E-state index < -0.39 is 0 Å². The van der Waals surface area contributed by atoms with Gasteiger partial charge in [-0.15, -0.1) is 0 Å². The zero-order valence-electron chi connectivity index (χ0n) is 10.4. The quantitative estimate of drug-likeness (QED) is 0.698. The Kier molecular flexibility index (Phi) is 5.77. The third-order valence-corrected chi connectivity index (χ3v) is 3.11. The molecule has 1 amide bonds. The molecule has 1 saturated carbocycles. The standard InChI is InChI=1S/C12H24N2O2/c1-14(2)9-8-12(16)13-10-6-4-3-5-7-11(10)15/h10-11,15H,3-9H2,1-2H3,(H,13,16). The number of aliphatic hydroxyl groups is 1. The summed E-state index contributed by atoms with van der Waals surface area (Å²) >= 11 is 0. The molecule has 2 atom stereocenters. The summed E-state index contributed by atoms with van der Waals surface area (Å²) in [5.74, 6) is 0.0552. The van der Waals surface area contributed by atoms with Crippen LogP contribution in [-0.4, -0.2) is 48.7 Å². The second-order valence-corrected chi connectivity index (χ2v) is 4.93. The number of aliphatic hydroxyl groups excluding tert-OH is 1. The number of hydrogen-bond acceptors (Lipinski definition) is 3. The monoisotopic (exact) mass is 228 g/mol. The summed E-state index contributed by atoms with van der Waals surface area (Å²) in [6, 6.07) is -0.0304. The average Bonchev–Trinajstić information content (AvgIpc) is 2.42. The largest absolute Gasteiger partial charge is 0.391 e. The maximum absolute atomic E-state index is 11.6. The molecule has 0 radical (unpaired) electrons. The van der Waals surface area contributed by atoms with Crippen LogP contribution in [0.2, 0.25) is 0 Å². The smallest absolute Gasteiger partial charge is 0.221 e. The number of rotatable bonds is 4. The number of nitrogens with zero attached hydrogens (tertiary/aromatic N) is 1. The van der Waals surface area contributed by atoms with Crippen molar-refractivity contribution in [1.29, 1.82) is 0 Å². The van der Waals surface area contributed by atoms with E-state index in [-0.39, 0.29) is 18.1 Å². The summed E-state index contributed by atoms with van der Waals surface area (Å²) < 4.78 is 0. The van der Waals surface area contributed by atoms with Crippen LogP contribution < -0.4 is 5.32 Å². The van der Waals surface area contributed by atoms with Gasteiger partial charge in [-0.25, -0.2) is 0 Å². The lowest BCUT2D eigenvalue weighted by Crippen LogP contribution is -2.43. The van der Waals surface area contributed by atoms with Crippen LogP contribution in [0.25, 0.3) is 0 Å². The minimum absolute atomic E-state index is 0.0304. The molecule has 1 fully saturated rings. The van der Waals surface area contributed by atoms with Crippen LogP contribution in [0.1, 0.15) is 38.5 Å². The third kappa shape index (κ3) is 4.94. The lowest BCUT2D eigenvalue weighted by atomic mass is 10.1. The number of hydrogen-bond donors (Lipinski definition) is 2. The van der Waals surface area contributed by atoms with Crippen LogP contribution in [0, 0.1) is 0 Å². The number of nitrogens with one attached hydrogen (secondary N) is 1. The predicted molar refractivity (Wildman–Crippen MR) is 64.2 cm³/mol. The van der Waals surface area contributed by atoms with Crippen LogP contribution in [0.4, 0.5) is 0 Å². The van der Waals surface area contributed by atoms with E-state index >= 15 is 0 Å². The van der Waals surface area contributed by atoms with Gasteiger partial charge in [-0.05, 0) is 26.9 Å². The highest BCUT2D eigenvalue weighted by Gasteiger charge is 2.22. The fraction of sp³-hybridized carbons (Fsp3) is 0.917. The molecule has 4 heteroatoms. The first-order valence-corrected chi connectivity index (χ1v) is 6.22. The maximum Gasteiger partial charge on any atom is 0.221 e. The lowest BCUT2D eigenvalue weighted by molar-refractivity contribution is -0.123. The molecule has 0 aliphatic heterocycles. The molecule has 2 unspecified atom stereocenters. The minimum atomic E-state index is -0.356. The first-order chi connectivity index (χ1) is 7.59. The van der Waals surface area contributed by atoms with Crippen molar-refractivity contribution in [1.82, 2.24) is 10.2 Å². The molecule has 1 rings (SSSR count). The molecule has 16 heavy (non-hydrogen) atoms. The van der Waals surface area contributed by atoms with Gasteiger partial charge in [0.25, 0.3) is 0 Å². The van der Waals surface area contributed by atoms with Crippen LogP contribution in [-0.2, 0) is 4.79 Å². The van der Waals surface area contributed by atoms with E-state index in [1.165, 1.54) is 6.42 Å². The fourth-order valence-electron chi connectivity index (χ4n) is 2.06. The van der Waals surface area contributed by atoms with E-state index in [0.29, 0.717) is 6.42 Å². The number of carbonyl (C=O) groups is 1. The van der Waals surface area contributed by atoms with Crippen LogP contribution in [0.15, 0.2) is 0 Å². The van der Waals surface area contributed by atoms with E-state index in [0.717, 1.165) is 32.2 Å². The van der Waals surface area contributed by atoms with E-state index in [9.17, 15) is 9.90 Å². The highest BCUT2D eigenvalue weighted by Crippen LogP contribution is 2.17. The molecule has 0 aromatic carbocycles. The van der Waals surface area contributed by atoms with E-state index in [1.54, 1.807) is 0 Å². The van der Waals surface area contributed by atoms with Crippen molar-refractivity contribution < 1.29 is 9.90 Å². The zero-order valence-corrected chi connectivity index (χ0v) is 10.4. The van der Waals surface area contributed by atoms with Gasteiger partial charge in [0.1, 0.15) is 0 Å². The maximum atomic E-state index is 11.6. The van der Waals surface area contributed by atoms with Crippen LogP contribution in [0.5, 0.6) is 0 Å².